The topological polar surface area (TPSA) is 33.4 Å². The number of pyridine rings is 1. The molecular weight excluding hydrogens is 583 g/mol. The Kier molecular flexibility index (Phi) is 17.9. The van der Waals surface area contributed by atoms with E-state index in [9.17, 15) is 4.79 Å². The summed E-state index contributed by atoms with van der Waals surface area (Å²) in [6.07, 6.45) is 19.8. The third-order valence-electron chi connectivity index (χ3n) is 6.53. The quantitative estimate of drug-likeness (QED) is 0.128. The lowest BCUT2D eigenvalue weighted by molar-refractivity contribution is -0.693. The second-order valence-corrected chi connectivity index (χ2v) is 9.87. The lowest BCUT2D eigenvalue weighted by Crippen LogP contribution is -3.00. The van der Waals surface area contributed by atoms with E-state index in [0.29, 0.717) is 23.9 Å². The standard InChI is InChI=1S/C30H46ClN2O2.HI/c1-4-6-7-8-9-10-11-12-13-14-15-16-24-35-30-28(31)18-17-19-29(30)33(26(3)34)25-27-20-22-32(5-2)23-21-27;/h17-23H,4-16,24-25H2,1-3H3;1H/q+1;/p-1. The highest BCUT2D eigenvalue weighted by Gasteiger charge is 2.19. The molecule has 6 heteroatoms. The van der Waals surface area contributed by atoms with Gasteiger partial charge in [0.15, 0.2) is 18.1 Å². The van der Waals surface area contributed by atoms with Gasteiger partial charge in [-0.3, -0.25) is 4.79 Å². The van der Waals surface area contributed by atoms with Gasteiger partial charge in [-0.05, 0) is 31.0 Å². The van der Waals surface area contributed by atoms with E-state index in [2.05, 4.69) is 30.5 Å². The van der Waals surface area contributed by atoms with Crippen LogP contribution in [0, 0.1) is 0 Å². The Labute approximate surface area is 241 Å². The van der Waals surface area contributed by atoms with Gasteiger partial charge in [-0.15, -0.1) is 0 Å². The number of carbonyl (C=O) groups is 1. The van der Waals surface area contributed by atoms with Crippen molar-refractivity contribution < 1.29 is 38.1 Å². The first-order valence-electron chi connectivity index (χ1n) is 13.7. The van der Waals surface area contributed by atoms with Crippen molar-refractivity contribution in [3.05, 3.63) is 53.3 Å². The monoisotopic (exact) mass is 628 g/mol. The van der Waals surface area contributed by atoms with Crippen LogP contribution in [0.25, 0.3) is 0 Å². The first kappa shape index (κ1) is 32.7. The summed E-state index contributed by atoms with van der Waals surface area (Å²) < 4.78 is 8.24. The molecule has 2 aromatic rings. The molecule has 0 bridgehead atoms. The molecule has 1 aromatic heterocycles. The van der Waals surface area contributed by atoms with Gasteiger partial charge in [0.2, 0.25) is 5.91 Å². The van der Waals surface area contributed by atoms with Crippen LogP contribution in [0.5, 0.6) is 5.75 Å². The van der Waals surface area contributed by atoms with Gasteiger partial charge < -0.3 is 33.6 Å². The zero-order valence-corrected chi connectivity index (χ0v) is 25.5. The van der Waals surface area contributed by atoms with Crippen LogP contribution in [-0.4, -0.2) is 12.5 Å². The van der Waals surface area contributed by atoms with Crippen LogP contribution in [0.2, 0.25) is 5.02 Å². The number of anilines is 1. The molecule has 1 aromatic carbocycles. The minimum Gasteiger partial charge on any atom is -1.00 e. The highest BCUT2D eigenvalue weighted by atomic mass is 127. The molecule has 0 spiro atoms. The number of hydrogen-bond acceptors (Lipinski definition) is 2. The number of halogens is 2. The number of hydrogen-bond donors (Lipinski definition) is 0. The van der Waals surface area contributed by atoms with Gasteiger partial charge in [-0.2, -0.15) is 0 Å². The van der Waals surface area contributed by atoms with Gasteiger partial charge in [0, 0.05) is 19.1 Å². The van der Waals surface area contributed by atoms with Crippen LogP contribution in [0.15, 0.2) is 42.7 Å². The highest BCUT2D eigenvalue weighted by molar-refractivity contribution is 6.32. The zero-order valence-electron chi connectivity index (χ0n) is 22.6. The number of amides is 1. The number of ether oxygens (including phenoxy) is 1. The summed E-state index contributed by atoms with van der Waals surface area (Å²) in [5.74, 6) is 0.571. The molecule has 0 aliphatic heterocycles. The van der Waals surface area contributed by atoms with E-state index in [1.165, 1.54) is 64.2 Å². The predicted octanol–water partition coefficient (Wildman–Crippen LogP) is 5.28. The molecule has 202 valence electrons. The van der Waals surface area contributed by atoms with Crippen molar-refractivity contribution in [2.45, 2.75) is 111 Å². The van der Waals surface area contributed by atoms with Crippen LogP contribution in [0.3, 0.4) is 0 Å². The smallest absolute Gasteiger partial charge is 0.224 e. The second-order valence-electron chi connectivity index (χ2n) is 9.47. The molecule has 0 unspecified atom stereocenters. The number of para-hydroxylation sites is 1. The van der Waals surface area contributed by atoms with Crippen molar-refractivity contribution in [2.75, 3.05) is 11.5 Å². The van der Waals surface area contributed by atoms with Gasteiger partial charge in [-0.1, -0.05) is 95.2 Å². The van der Waals surface area contributed by atoms with Crippen LogP contribution < -0.4 is 38.2 Å². The molecule has 1 heterocycles. The first-order chi connectivity index (χ1) is 17.1. The molecule has 0 fully saturated rings. The van der Waals surface area contributed by atoms with Crippen LogP contribution >= 0.6 is 11.6 Å². The van der Waals surface area contributed by atoms with E-state index < -0.39 is 0 Å². The Morgan fingerprint density at radius 2 is 1.42 bits per heavy atom. The number of nitrogens with zero attached hydrogens (tertiary/aromatic N) is 2. The Bertz CT molecular complexity index is 861. The number of rotatable bonds is 18. The molecule has 0 aliphatic rings. The number of carbonyl (C=O) groups excluding carboxylic acids is 1. The fourth-order valence-corrected chi connectivity index (χ4v) is 4.55. The second kappa shape index (κ2) is 19.7. The van der Waals surface area contributed by atoms with Gasteiger partial charge in [-0.25, -0.2) is 4.57 Å². The summed E-state index contributed by atoms with van der Waals surface area (Å²) in [7, 11) is 0. The minimum atomic E-state index is -0.0327. The molecule has 1 amide bonds. The Morgan fingerprint density at radius 1 is 0.861 bits per heavy atom. The van der Waals surface area contributed by atoms with Crippen LogP contribution in [0.1, 0.15) is 103 Å². The van der Waals surface area contributed by atoms with E-state index >= 15 is 0 Å². The normalized spacial score (nSPS) is 10.7. The van der Waals surface area contributed by atoms with Crippen molar-refractivity contribution in [1.82, 2.24) is 0 Å². The lowest BCUT2D eigenvalue weighted by atomic mass is 10.1. The van der Waals surface area contributed by atoms with Crippen molar-refractivity contribution in [3.8, 4) is 5.75 Å². The number of aromatic nitrogens is 1. The number of benzene rings is 1. The minimum absolute atomic E-state index is 0. The molecular formula is C30H46ClIN2O2. The molecule has 0 aliphatic carbocycles. The van der Waals surface area contributed by atoms with Gasteiger partial charge in [0.05, 0.1) is 23.9 Å². The molecule has 2 rings (SSSR count). The average molecular weight is 629 g/mol. The molecule has 0 atom stereocenters. The third kappa shape index (κ3) is 12.3. The van der Waals surface area contributed by atoms with Crippen molar-refractivity contribution in [2.24, 2.45) is 0 Å². The maximum Gasteiger partial charge on any atom is 0.224 e. The lowest BCUT2D eigenvalue weighted by Gasteiger charge is -2.24. The SMILES string of the molecule is CCCCCCCCCCCCCCOc1c(Cl)cccc1N(Cc1cc[n+](CC)cc1)C(C)=O.[I-]. The Balaban J connectivity index is 0.00000648. The maximum absolute atomic E-state index is 12.5. The molecule has 0 radical (unpaired) electrons. The van der Waals surface area contributed by atoms with Crippen molar-refractivity contribution in [1.29, 1.82) is 0 Å². The summed E-state index contributed by atoms with van der Waals surface area (Å²) >= 11 is 6.51. The Hall–Kier alpha value is -1.34. The largest absolute Gasteiger partial charge is 1.00 e. The summed E-state index contributed by atoms with van der Waals surface area (Å²) in [6.45, 7) is 7.98. The van der Waals surface area contributed by atoms with Crippen LogP contribution in [0.4, 0.5) is 5.69 Å². The summed E-state index contributed by atoms with van der Waals surface area (Å²) in [4.78, 5) is 14.3. The highest BCUT2D eigenvalue weighted by Crippen LogP contribution is 2.36. The van der Waals surface area contributed by atoms with E-state index in [0.717, 1.165) is 30.6 Å². The molecule has 36 heavy (non-hydrogen) atoms. The molecule has 0 saturated heterocycles. The number of unbranched alkanes of at least 4 members (excludes halogenated alkanes) is 11. The fraction of sp³-hybridized carbons (Fsp3) is 0.600. The first-order valence-corrected chi connectivity index (χ1v) is 14.1. The zero-order chi connectivity index (χ0) is 25.3. The fourth-order valence-electron chi connectivity index (χ4n) is 4.32. The molecule has 0 N–H and O–H groups in total. The van der Waals surface area contributed by atoms with Crippen LogP contribution in [-0.2, 0) is 17.9 Å². The summed E-state index contributed by atoms with van der Waals surface area (Å²) in [5, 5.41) is 0.546. The van der Waals surface area contributed by atoms with Crippen molar-refractivity contribution in [3.63, 3.8) is 0 Å². The third-order valence-corrected chi connectivity index (χ3v) is 6.83. The molecule has 0 saturated carbocycles. The predicted molar refractivity (Wildman–Crippen MR) is 147 cm³/mol. The maximum atomic E-state index is 12.5. The van der Waals surface area contributed by atoms with E-state index in [1.54, 1.807) is 11.8 Å². The van der Waals surface area contributed by atoms with Crippen molar-refractivity contribution >= 4 is 23.2 Å². The van der Waals surface area contributed by atoms with E-state index in [1.807, 2.05) is 30.6 Å². The summed E-state index contributed by atoms with van der Waals surface area (Å²) in [6, 6.07) is 9.72. The van der Waals surface area contributed by atoms with E-state index in [4.69, 9.17) is 16.3 Å². The average Bonchev–Trinajstić information content (AvgIpc) is 2.86. The molecule has 4 nitrogen and oxygen atoms in total. The van der Waals surface area contributed by atoms with Gasteiger partial charge in [0.1, 0.15) is 6.54 Å². The van der Waals surface area contributed by atoms with Gasteiger partial charge >= 0.3 is 0 Å². The Morgan fingerprint density at radius 3 is 1.94 bits per heavy atom. The summed E-state index contributed by atoms with van der Waals surface area (Å²) in [5.41, 5.74) is 1.80. The van der Waals surface area contributed by atoms with Gasteiger partial charge in [0.25, 0.3) is 0 Å². The number of aryl methyl sites for hydroxylation is 1. The van der Waals surface area contributed by atoms with E-state index in [-0.39, 0.29) is 29.9 Å².